The zero-order valence-electron chi connectivity index (χ0n) is 9.23. The van der Waals surface area contributed by atoms with Gasteiger partial charge in [0.05, 0.1) is 12.1 Å². The molecule has 1 aromatic rings. The highest BCUT2D eigenvalue weighted by Gasteiger charge is 2.12. The lowest BCUT2D eigenvalue weighted by molar-refractivity contribution is -0.138. The minimum Gasteiger partial charge on any atom is -0.481 e. The molecule has 7 heteroatoms. The first-order valence-corrected chi connectivity index (χ1v) is 5.04. The summed E-state index contributed by atoms with van der Waals surface area (Å²) < 4.78 is 28.4. The molecule has 0 heterocycles. The summed E-state index contributed by atoms with van der Waals surface area (Å²) in [6.07, 6.45) is -0.567. The molecule has 0 fully saturated rings. The zero-order chi connectivity index (χ0) is 13.5. The Morgan fingerprint density at radius 3 is 2.56 bits per heavy atom. The first-order valence-electron chi connectivity index (χ1n) is 5.04. The summed E-state index contributed by atoms with van der Waals surface area (Å²) >= 11 is 0. The van der Waals surface area contributed by atoms with E-state index in [4.69, 9.17) is 5.11 Å². The average Bonchev–Trinajstić information content (AvgIpc) is 2.28. The first kappa shape index (κ1) is 13.9. The molecule has 0 aliphatic rings. The highest BCUT2D eigenvalue weighted by atomic mass is 19.3. The van der Waals surface area contributed by atoms with Gasteiger partial charge in [-0.15, -0.1) is 0 Å². The Bertz CT molecular complexity index is 437. The summed E-state index contributed by atoms with van der Waals surface area (Å²) in [6.45, 7) is -3.00. The molecule has 98 valence electrons. The molecule has 0 saturated carbocycles. The van der Waals surface area contributed by atoms with Crippen molar-refractivity contribution in [2.24, 2.45) is 0 Å². The minimum absolute atomic E-state index is 0.0770. The SMILES string of the molecule is O=C(O)CCC(=O)Nc1ccccc1OC(F)F. The Kier molecular flexibility index (Phi) is 5.04. The Morgan fingerprint density at radius 2 is 1.94 bits per heavy atom. The third-order valence-corrected chi connectivity index (χ3v) is 1.94. The van der Waals surface area contributed by atoms with Gasteiger partial charge in [-0.2, -0.15) is 8.78 Å². The lowest BCUT2D eigenvalue weighted by Gasteiger charge is -2.11. The van der Waals surface area contributed by atoms with Gasteiger partial charge in [-0.3, -0.25) is 9.59 Å². The molecule has 0 aliphatic heterocycles. The molecule has 18 heavy (non-hydrogen) atoms. The van der Waals surface area contributed by atoms with Crippen molar-refractivity contribution in [2.75, 3.05) is 5.32 Å². The maximum Gasteiger partial charge on any atom is 0.387 e. The molecule has 0 bridgehead atoms. The second-order valence-corrected chi connectivity index (χ2v) is 3.32. The Morgan fingerprint density at radius 1 is 1.28 bits per heavy atom. The Labute approximate surface area is 101 Å². The van der Waals surface area contributed by atoms with Gasteiger partial charge in [0.1, 0.15) is 5.75 Å². The maximum absolute atomic E-state index is 12.1. The number of para-hydroxylation sites is 2. The van der Waals surface area contributed by atoms with Crippen LogP contribution in [0.2, 0.25) is 0 Å². The summed E-state index contributed by atoms with van der Waals surface area (Å²) in [4.78, 5) is 21.6. The highest BCUT2D eigenvalue weighted by Crippen LogP contribution is 2.25. The summed E-state index contributed by atoms with van der Waals surface area (Å²) in [5, 5.41) is 10.7. The van der Waals surface area contributed by atoms with E-state index in [0.29, 0.717) is 0 Å². The summed E-state index contributed by atoms with van der Waals surface area (Å²) in [7, 11) is 0. The molecule has 2 N–H and O–H groups in total. The third kappa shape index (κ3) is 4.77. The number of hydrogen-bond donors (Lipinski definition) is 2. The van der Waals surface area contributed by atoms with Crippen LogP contribution < -0.4 is 10.1 Å². The van der Waals surface area contributed by atoms with Gasteiger partial charge in [0.15, 0.2) is 0 Å². The predicted octanol–water partition coefficient (Wildman–Crippen LogP) is 2.09. The van der Waals surface area contributed by atoms with Gasteiger partial charge in [0.2, 0.25) is 5.91 Å². The molecule has 0 aliphatic carbocycles. The zero-order valence-corrected chi connectivity index (χ0v) is 9.23. The number of ether oxygens (including phenoxy) is 1. The summed E-state index contributed by atoms with van der Waals surface area (Å²) in [5.41, 5.74) is 0.0770. The van der Waals surface area contributed by atoms with Gasteiger partial charge < -0.3 is 15.2 Å². The lowest BCUT2D eigenvalue weighted by atomic mass is 10.2. The van der Waals surface area contributed by atoms with Gasteiger partial charge in [0, 0.05) is 6.42 Å². The fourth-order valence-corrected chi connectivity index (χ4v) is 1.20. The minimum atomic E-state index is -3.00. The number of rotatable bonds is 6. The van der Waals surface area contributed by atoms with Gasteiger partial charge >= 0.3 is 12.6 Å². The molecule has 0 saturated heterocycles. The molecule has 0 spiro atoms. The molecule has 1 amide bonds. The Hall–Kier alpha value is -2.18. The van der Waals surface area contributed by atoms with Crippen molar-refractivity contribution in [3.05, 3.63) is 24.3 Å². The van der Waals surface area contributed by atoms with E-state index in [1.54, 1.807) is 0 Å². The van der Waals surface area contributed by atoms with Gasteiger partial charge in [-0.1, -0.05) is 12.1 Å². The molecular weight excluding hydrogens is 248 g/mol. The van der Waals surface area contributed by atoms with Gasteiger partial charge in [0.25, 0.3) is 0 Å². The fraction of sp³-hybridized carbons (Fsp3) is 0.273. The second kappa shape index (κ2) is 6.53. The van der Waals surface area contributed by atoms with E-state index in [2.05, 4.69) is 10.1 Å². The summed E-state index contributed by atoms with van der Waals surface area (Å²) in [6, 6.07) is 5.67. The van der Waals surface area contributed by atoms with Crippen LogP contribution in [0.15, 0.2) is 24.3 Å². The number of benzene rings is 1. The largest absolute Gasteiger partial charge is 0.481 e. The number of alkyl halides is 2. The smallest absolute Gasteiger partial charge is 0.387 e. The number of hydrogen-bond acceptors (Lipinski definition) is 3. The number of anilines is 1. The quantitative estimate of drug-likeness (QED) is 0.820. The van der Waals surface area contributed by atoms with Crippen LogP contribution in [0.5, 0.6) is 5.75 Å². The molecule has 1 rings (SSSR count). The van der Waals surface area contributed by atoms with Crippen LogP contribution in [0, 0.1) is 0 Å². The van der Waals surface area contributed by atoms with Crippen molar-refractivity contribution in [3.63, 3.8) is 0 Å². The monoisotopic (exact) mass is 259 g/mol. The molecule has 5 nitrogen and oxygen atoms in total. The van der Waals surface area contributed by atoms with Crippen LogP contribution >= 0.6 is 0 Å². The molecule has 0 unspecified atom stereocenters. The summed E-state index contributed by atoms with van der Waals surface area (Å²) in [5.74, 6) is -1.86. The van der Waals surface area contributed by atoms with Gasteiger partial charge in [-0.05, 0) is 12.1 Å². The van der Waals surface area contributed by atoms with Crippen LogP contribution in [0.3, 0.4) is 0 Å². The van der Waals surface area contributed by atoms with E-state index in [9.17, 15) is 18.4 Å². The van der Waals surface area contributed by atoms with Crippen LogP contribution in [-0.4, -0.2) is 23.6 Å². The van der Waals surface area contributed by atoms with Crippen molar-refractivity contribution < 1.29 is 28.2 Å². The number of halogens is 2. The average molecular weight is 259 g/mol. The van der Waals surface area contributed by atoms with E-state index in [1.807, 2.05) is 0 Å². The number of carboxylic acids is 1. The molecule has 0 aromatic heterocycles. The van der Waals surface area contributed by atoms with Crippen molar-refractivity contribution in [2.45, 2.75) is 19.5 Å². The number of nitrogens with one attached hydrogen (secondary N) is 1. The van der Waals surface area contributed by atoms with Crippen LogP contribution in [-0.2, 0) is 9.59 Å². The molecule has 0 radical (unpaired) electrons. The number of carbonyl (C=O) groups is 2. The number of amides is 1. The first-order chi connectivity index (χ1) is 8.49. The van der Waals surface area contributed by atoms with E-state index < -0.39 is 18.5 Å². The van der Waals surface area contributed by atoms with Crippen molar-refractivity contribution in [1.29, 1.82) is 0 Å². The normalized spacial score (nSPS) is 10.2. The van der Waals surface area contributed by atoms with Crippen molar-refractivity contribution in [1.82, 2.24) is 0 Å². The van der Waals surface area contributed by atoms with Crippen molar-refractivity contribution in [3.8, 4) is 5.75 Å². The van der Waals surface area contributed by atoms with E-state index >= 15 is 0 Å². The third-order valence-electron chi connectivity index (χ3n) is 1.94. The van der Waals surface area contributed by atoms with E-state index in [-0.39, 0.29) is 24.3 Å². The van der Waals surface area contributed by atoms with E-state index in [0.717, 1.165) is 0 Å². The van der Waals surface area contributed by atoms with Crippen LogP contribution in [0.1, 0.15) is 12.8 Å². The topological polar surface area (TPSA) is 75.6 Å². The van der Waals surface area contributed by atoms with Gasteiger partial charge in [-0.25, -0.2) is 0 Å². The predicted molar refractivity (Wildman–Crippen MR) is 58.6 cm³/mol. The highest BCUT2D eigenvalue weighted by molar-refractivity contribution is 5.93. The van der Waals surface area contributed by atoms with E-state index in [1.165, 1.54) is 24.3 Å². The van der Waals surface area contributed by atoms with Crippen molar-refractivity contribution >= 4 is 17.6 Å². The Balaban J connectivity index is 2.65. The van der Waals surface area contributed by atoms with Crippen LogP contribution in [0.25, 0.3) is 0 Å². The molecular formula is C11H11F2NO4. The maximum atomic E-state index is 12.1. The molecule has 1 aromatic carbocycles. The fourth-order valence-electron chi connectivity index (χ4n) is 1.20. The number of carboxylic acid groups (broad SMARTS) is 1. The second-order valence-electron chi connectivity index (χ2n) is 3.32. The number of carbonyl (C=O) groups excluding carboxylic acids is 1. The number of aliphatic carboxylic acids is 1. The molecule has 0 atom stereocenters. The van der Waals surface area contributed by atoms with Crippen LogP contribution in [0.4, 0.5) is 14.5 Å². The lowest BCUT2D eigenvalue weighted by Crippen LogP contribution is -2.14. The standard InChI is InChI=1S/C11H11F2NO4/c12-11(13)18-8-4-2-1-3-7(8)14-9(15)5-6-10(16)17/h1-4,11H,5-6H2,(H,14,15)(H,16,17).